The van der Waals surface area contributed by atoms with Crippen LogP contribution in [0.25, 0.3) is 0 Å². The van der Waals surface area contributed by atoms with Gasteiger partial charge in [-0.1, -0.05) is 12.1 Å². The van der Waals surface area contributed by atoms with Gasteiger partial charge in [0, 0.05) is 5.56 Å². The summed E-state index contributed by atoms with van der Waals surface area (Å²) in [5.41, 5.74) is 2.50. The maximum absolute atomic E-state index is 9.62. The standard InChI is InChI=1S/C15H16O3/c1-10-14(17)8-12(9-15(10)18)3-2-11-4-6-13(16)7-5-11/h4-9,16-18H,2-3H2,1H3. The van der Waals surface area contributed by atoms with E-state index in [0.29, 0.717) is 5.56 Å². The van der Waals surface area contributed by atoms with Crippen molar-refractivity contribution in [1.82, 2.24) is 0 Å². The smallest absolute Gasteiger partial charge is 0.122 e. The van der Waals surface area contributed by atoms with Crippen molar-refractivity contribution in [3.63, 3.8) is 0 Å². The first-order valence-corrected chi connectivity index (χ1v) is 5.85. The molecule has 94 valence electrons. The van der Waals surface area contributed by atoms with E-state index in [1.54, 1.807) is 31.2 Å². The second-order valence-electron chi connectivity index (χ2n) is 4.43. The van der Waals surface area contributed by atoms with Crippen LogP contribution in [0.2, 0.25) is 0 Å². The summed E-state index contributed by atoms with van der Waals surface area (Å²) < 4.78 is 0. The van der Waals surface area contributed by atoms with Crippen molar-refractivity contribution in [3.05, 3.63) is 53.1 Å². The third-order valence-corrected chi connectivity index (χ3v) is 3.05. The van der Waals surface area contributed by atoms with Crippen molar-refractivity contribution >= 4 is 0 Å². The minimum atomic E-state index is 0.121. The average Bonchev–Trinajstić information content (AvgIpc) is 2.35. The number of hydrogen-bond acceptors (Lipinski definition) is 3. The first-order chi connectivity index (χ1) is 8.56. The summed E-state index contributed by atoms with van der Waals surface area (Å²) in [6.45, 7) is 1.68. The Balaban J connectivity index is 2.08. The fourth-order valence-corrected chi connectivity index (χ4v) is 1.84. The van der Waals surface area contributed by atoms with E-state index in [2.05, 4.69) is 0 Å². The summed E-state index contributed by atoms with van der Waals surface area (Å²) in [7, 11) is 0. The van der Waals surface area contributed by atoms with Crippen LogP contribution in [0.5, 0.6) is 17.2 Å². The van der Waals surface area contributed by atoms with Gasteiger partial charge in [-0.3, -0.25) is 0 Å². The summed E-state index contributed by atoms with van der Waals surface area (Å²) in [6.07, 6.45) is 1.52. The highest BCUT2D eigenvalue weighted by atomic mass is 16.3. The summed E-state index contributed by atoms with van der Waals surface area (Å²) in [5, 5.41) is 28.4. The maximum Gasteiger partial charge on any atom is 0.122 e. The molecular weight excluding hydrogens is 228 g/mol. The van der Waals surface area contributed by atoms with Crippen molar-refractivity contribution in [1.29, 1.82) is 0 Å². The van der Waals surface area contributed by atoms with Crippen LogP contribution < -0.4 is 0 Å². The lowest BCUT2D eigenvalue weighted by atomic mass is 10.0. The third-order valence-electron chi connectivity index (χ3n) is 3.05. The molecule has 0 saturated heterocycles. The molecule has 18 heavy (non-hydrogen) atoms. The Hall–Kier alpha value is -2.16. The number of benzene rings is 2. The predicted octanol–water partition coefficient (Wildman–Crippen LogP) is 2.90. The van der Waals surface area contributed by atoms with Crippen LogP contribution in [0.3, 0.4) is 0 Å². The van der Waals surface area contributed by atoms with Crippen molar-refractivity contribution in [2.45, 2.75) is 19.8 Å². The van der Waals surface area contributed by atoms with Gasteiger partial charge in [0.25, 0.3) is 0 Å². The topological polar surface area (TPSA) is 60.7 Å². The fourth-order valence-electron chi connectivity index (χ4n) is 1.84. The monoisotopic (exact) mass is 244 g/mol. The molecule has 0 aliphatic heterocycles. The maximum atomic E-state index is 9.62. The number of aryl methyl sites for hydroxylation is 2. The SMILES string of the molecule is Cc1c(O)cc(CCc2ccc(O)cc2)cc1O. The lowest BCUT2D eigenvalue weighted by Gasteiger charge is -2.07. The Kier molecular flexibility index (Phi) is 3.42. The van der Waals surface area contributed by atoms with Crippen molar-refractivity contribution < 1.29 is 15.3 Å². The molecule has 3 nitrogen and oxygen atoms in total. The van der Waals surface area contributed by atoms with E-state index >= 15 is 0 Å². The molecule has 3 N–H and O–H groups in total. The van der Waals surface area contributed by atoms with Crippen molar-refractivity contribution in [2.75, 3.05) is 0 Å². The van der Waals surface area contributed by atoms with E-state index in [9.17, 15) is 15.3 Å². The van der Waals surface area contributed by atoms with Crippen LogP contribution in [-0.4, -0.2) is 15.3 Å². The van der Waals surface area contributed by atoms with Crippen LogP contribution in [0.4, 0.5) is 0 Å². The molecule has 0 aromatic heterocycles. The molecule has 2 rings (SSSR count). The van der Waals surface area contributed by atoms with E-state index in [0.717, 1.165) is 24.0 Å². The van der Waals surface area contributed by atoms with Gasteiger partial charge in [-0.15, -0.1) is 0 Å². The first-order valence-electron chi connectivity index (χ1n) is 5.85. The Morgan fingerprint density at radius 3 is 1.83 bits per heavy atom. The van der Waals surface area contributed by atoms with Gasteiger partial charge in [0.15, 0.2) is 0 Å². The van der Waals surface area contributed by atoms with Crippen molar-refractivity contribution in [2.24, 2.45) is 0 Å². The molecule has 2 aromatic rings. The molecule has 0 aliphatic carbocycles. The Morgan fingerprint density at radius 1 is 0.778 bits per heavy atom. The fraction of sp³-hybridized carbons (Fsp3) is 0.200. The Morgan fingerprint density at radius 2 is 1.28 bits per heavy atom. The Bertz CT molecular complexity index is 521. The van der Waals surface area contributed by atoms with Gasteiger partial charge >= 0.3 is 0 Å². The van der Waals surface area contributed by atoms with Crippen LogP contribution in [-0.2, 0) is 12.8 Å². The quantitative estimate of drug-likeness (QED) is 0.778. The minimum absolute atomic E-state index is 0.121. The molecule has 0 spiro atoms. The number of rotatable bonds is 3. The number of aromatic hydroxyl groups is 3. The molecule has 0 aliphatic rings. The zero-order valence-corrected chi connectivity index (χ0v) is 10.2. The summed E-state index contributed by atoms with van der Waals surface area (Å²) in [5.74, 6) is 0.496. The average molecular weight is 244 g/mol. The normalized spacial score (nSPS) is 10.5. The molecule has 0 saturated carbocycles. The van der Waals surface area contributed by atoms with Gasteiger partial charge in [0.2, 0.25) is 0 Å². The van der Waals surface area contributed by atoms with Gasteiger partial charge in [-0.05, 0) is 55.2 Å². The predicted molar refractivity (Wildman–Crippen MR) is 70.0 cm³/mol. The van der Waals surface area contributed by atoms with E-state index in [-0.39, 0.29) is 17.2 Å². The first kappa shape index (κ1) is 12.3. The molecule has 2 aromatic carbocycles. The zero-order valence-electron chi connectivity index (χ0n) is 10.2. The lowest BCUT2D eigenvalue weighted by molar-refractivity contribution is 0.442. The lowest BCUT2D eigenvalue weighted by Crippen LogP contribution is -1.92. The highest BCUT2D eigenvalue weighted by Gasteiger charge is 2.05. The summed E-state index contributed by atoms with van der Waals surface area (Å²) in [6, 6.07) is 10.4. The molecule has 0 bridgehead atoms. The number of hydrogen-bond donors (Lipinski definition) is 3. The van der Waals surface area contributed by atoms with Gasteiger partial charge in [0.1, 0.15) is 17.2 Å². The zero-order chi connectivity index (χ0) is 13.1. The van der Waals surface area contributed by atoms with Gasteiger partial charge in [-0.25, -0.2) is 0 Å². The largest absolute Gasteiger partial charge is 0.508 e. The second-order valence-corrected chi connectivity index (χ2v) is 4.43. The van der Waals surface area contributed by atoms with E-state index in [1.165, 1.54) is 0 Å². The molecule has 0 atom stereocenters. The van der Waals surface area contributed by atoms with Gasteiger partial charge < -0.3 is 15.3 Å². The van der Waals surface area contributed by atoms with E-state index in [4.69, 9.17) is 0 Å². The minimum Gasteiger partial charge on any atom is -0.508 e. The third kappa shape index (κ3) is 2.74. The highest BCUT2D eigenvalue weighted by molar-refractivity contribution is 5.45. The molecule has 0 heterocycles. The van der Waals surface area contributed by atoms with Gasteiger partial charge in [-0.2, -0.15) is 0 Å². The second kappa shape index (κ2) is 5.00. The summed E-state index contributed by atoms with van der Waals surface area (Å²) >= 11 is 0. The number of phenolic OH excluding ortho intramolecular Hbond substituents is 3. The van der Waals surface area contributed by atoms with Crippen LogP contribution in [0.1, 0.15) is 16.7 Å². The molecule has 0 fully saturated rings. The summed E-state index contributed by atoms with van der Waals surface area (Å²) in [4.78, 5) is 0. The van der Waals surface area contributed by atoms with Gasteiger partial charge in [0.05, 0.1) is 0 Å². The van der Waals surface area contributed by atoms with Crippen LogP contribution in [0, 0.1) is 6.92 Å². The van der Waals surface area contributed by atoms with Crippen LogP contribution >= 0.6 is 0 Å². The molecule has 0 unspecified atom stereocenters. The molecule has 0 radical (unpaired) electrons. The highest BCUT2D eigenvalue weighted by Crippen LogP contribution is 2.28. The van der Waals surface area contributed by atoms with Crippen LogP contribution in [0.15, 0.2) is 36.4 Å². The molecule has 3 heteroatoms. The molecule has 0 amide bonds. The van der Waals surface area contributed by atoms with Crippen molar-refractivity contribution in [3.8, 4) is 17.2 Å². The van der Waals surface area contributed by atoms with E-state index < -0.39 is 0 Å². The molecular formula is C15H16O3. The Labute approximate surface area is 106 Å². The van der Waals surface area contributed by atoms with E-state index in [1.807, 2.05) is 12.1 Å². The number of phenols is 3.